The van der Waals surface area contributed by atoms with E-state index in [9.17, 15) is 0 Å². The summed E-state index contributed by atoms with van der Waals surface area (Å²) in [5, 5.41) is 8.87. The van der Waals surface area contributed by atoms with Gasteiger partial charge in [-0.05, 0) is 44.3 Å². The van der Waals surface area contributed by atoms with Crippen LogP contribution in [-0.4, -0.2) is 54.4 Å². The minimum atomic E-state index is -1.48. The highest BCUT2D eigenvalue weighted by molar-refractivity contribution is 6.85. The predicted molar refractivity (Wildman–Crippen MR) is 86.5 cm³/mol. The zero-order valence-corrected chi connectivity index (χ0v) is 17.0. The molecule has 0 aromatic rings. The fraction of sp³-hybridized carbons (Fsp3) is 1.00. The van der Waals surface area contributed by atoms with Crippen molar-refractivity contribution in [2.24, 2.45) is 0 Å². The molecule has 0 saturated carbocycles. The smallest absolute Gasteiger partial charge is 0.173 e. The van der Waals surface area contributed by atoms with E-state index in [0.717, 1.165) is 0 Å². The minimum absolute atomic E-state index is 0.218. The molecule has 17 heavy (non-hydrogen) atoms. The lowest BCUT2D eigenvalue weighted by atomic mass is 10.9. The summed E-state index contributed by atoms with van der Waals surface area (Å²) in [6.07, 6.45) is 0.449. The summed E-state index contributed by atoms with van der Waals surface area (Å²) in [4.78, 5) is 0. The molecule has 0 fully saturated rings. The highest BCUT2D eigenvalue weighted by Gasteiger charge is 2.32. The van der Waals surface area contributed by atoms with E-state index < -0.39 is 16.6 Å². The van der Waals surface area contributed by atoms with Crippen LogP contribution in [0, 0.1) is 0 Å². The van der Waals surface area contributed by atoms with Gasteiger partial charge in [0.2, 0.25) is 0 Å². The van der Waals surface area contributed by atoms with Gasteiger partial charge in [0.25, 0.3) is 0 Å². The number of hydrogen-bond donors (Lipinski definition) is 1. The Morgan fingerprint density at radius 2 is 1.53 bits per heavy atom. The van der Waals surface area contributed by atoms with Gasteiger partial charge >= 0.3 is 0 Å². The number of aliphatic hydroxyl groups is 1. The van der Waals surface area contributed by atoms with Crippen molar-refractivity contribution in [1.82, 2.24) is 0 Å². The Bertz CT molecular complexity index is 180. The van der Waals surface area contributed by atoms with Crippen LogP contribution in [-0.2, 0) is 8.54 Å². The van der Waals surface area contributed by atoms with E-state index in [1.807, 2.05) is 7.11 Å². The largest absolute Gasteiger partial charge is 0.456 e. The van der Waals surface area contributed by atoms with Crippen LogP contribution in [0.5, 0.6) is 0 Å². The summed E-state index contributed by atoms with van der Waals surface area (Å²) in [5.74, 6) is 0. The van der Waals surface area contributed by atoms with E-state index in [1.165, 1.54) is 24.2 Å². The summed E-state index contributed by atoms with van der Waals surface area (Å²) < 4.78 is 11.7. The molecule has 104 valence electrons. The number of aliphatic hydroxyl groups excluding tert-OH is 1. The van der Waals surface area contributed by atoms with Crippen LogP contribution in [0.2, 0.25) is 50.4 Å². The topological polar surface area (TPSA) is 38.7 Å². The second-order valence-electron chi connectivity index (χ2n) is 5.90. The molecule has 0 unspecified atom stereocenters. The van der Waals surface area contributed by atoms with Gasteiger partial charge in [0.15, 0.2) is 26.4 Å². The first-order valence-corrected chi connectivity index (χ1v) is 16.4. The Labute approximate surface area is 113 Å². The molecule has 0 atom stereocenters. The zero-order chi connectivity index (χ0) is 13.4. The highest BCUT2D eigenvalue weighted by atomic mass is 28.4. The zero-order valence-electron chi connectivity index (χ0n) is 12.2. The first-order valence-electron chi connectivity index (χ1n) is 6.63. The maximum Gasteiger partial charge on any atom is 0.173 e. The van der Waals surface area contributed by atoms with Crippen molar-refractivity contribution < 1.29 is 13.6 Å². The summed E-state index contributed by atoms with van der Waals surface area (Å²) >= 11 is 0. The van der Waals surface area contributed by atoms with Crippen molar-refractivity contribution >= 4 is 35.9 Å². The van der Waals surface area contributed by atoms with E-state index in [4.69, 9.17) is 13.6 Å². The third-order valence-corrected chi connectivity index (χ3v) is 14.0. The lowest BCUT2D eigenvalue weighted by Crippen LogP contribution is -2.44. The van der Waals surface area contributed by atoms with E-state index in [0.29, 0.717) is 6.23 Å². The number of hydrogen-bond acceptors (Lipinski definition) is 3. The molecule has 1 N–H and O–H groups in total. The van der Waals surface area contributed by atoms with E-state index in [2.05, 4.69) is 26.2 Å². The van der Waals surface area contributed by atoms with Gasteiger partial charge in [0, 0.05) is 13.3 Å². The SMILES string of the molecule is CO[SiH2]CC[Si](C)(C)O[Si](C)(C)CC[SiH2]CO. The van der Waals surface area contributed by atoms with E-state index in [1.54, 1.807) is 0 Å². The van der Waals surface area contributed by atoms with Gasteiger partial charge in [0.05, 0.1) is 9.52 Å². The van der Waals surface area contributed by atoms with Crippen LogP contribution in [0.4, 0.5) is 0 Å². The third kappa shape index (κ3) is 10.4. The molecule has 0 radical (unpaired) electrons. The first-order chi connectivity index (χ1) is 7.83. The van der Waals surface area contributed by atoms with Crippen LogP contribution >= 0.6 is 0 Å². The van der Waals surface area contributed by atoms with E-state index >= 15 is 0 Å². The molecule has 0 aromatic heterocycles. The molecule has 0 saturated heterocycles. The molecule has 0 heterocycles. The minimum Gasteiger partial charge on any atom is -0.456 e. The number of rotatable bonds is 10. The second-order valence-corrected chi connectivity index (χ2v) is 18.3. The molecule has 3 nitrogen and oxygen atoms in total. The monoisotopic (exact) mass is 310 g/mol. The van der Waals surface area contributed by atoms with Gasteiger partial charge in [-0.25, -0.2) is 0 Å². The second kappa shape index (κ2) is 8.78. The van der Waals surface area contributed by atoms with Crippen molar-refractivity contribution in [3.8, 4) is 0 Å². The fourth-order valence-electron chi connectivity index (χ4n) is 2.15. The predicted octanol–water partition coefficient (Wildman–Crippen LogP) is 1.10. The van der Waals surface area contributed by atoms with Gasteiger partial charge < -0.3 is 13.6 Å². The maximum atomic E-state index is 8.87. The Morgan fingerprint density at radius 3 is 2.00 bits per heavy atom. The van der Waals surface area contributed by atoms with Crippen LogP contribution in [0.15, 0.2) is 0 Å². The average Bonchev–Trinajstić information content (AvgIpc) is 2.16. The molecule has 0 rings (SSSR count). The quantitative estimate of drug-likeness (QED) is 0.485. The lowest BCUT2D eigenvalue weighted by Gasteiger charge is -2.34. The molecule has 0 amide bonds. The Kier molecular flexibility index (Phi) is 9.17. The molecule has 0 aliphatic rings. The fourth-order valence-corrected chi connectivity index (χ4v) is 17.9. The molecule has 0 aliphatic carbocycles. The van der Waals surface area contributed by atoms with Crippen LogP contribution < -0.4 is 0 Å². The lowest BCUT2D eigenvalue weighted by molar-refractivity contribution is 0.365. The summed E-state index contributed by atoms with van der Waals surface area (Å²) in [6, 6.07) is 4.98. The molecule has 0 aromatic carbocycles. The van der Waals surface area contributed by atoms with Gasteiger partial charge in [-0.15, -0.1) is 0 Å². The molecule has 7 heteroatoms. The van der Waals surface area contributed by atoms with Crippen molar-refractivity contribution in [1.29, 1.82) is 0 Å². The van der Waals surface area contributed by atoms with Crippen LogP contribution in [0.3, 0.4) is 0 Å². The summed E-state index contributed by atoms with van der Waals surface area (Å²) in [7, 11) is -1.63. The normalized spacial score (nSPS) is 14.5. The molecule has 0 bridgehead atoms. The van der Waals surface area contributed by atoms with Gasteiger partial charge in [0.1, 0.15) is 0 Å². The molecule has 0 aliphatic heterocycles. The highest BCUT2D eigenvalue weighted by Crippen LogP contribution is 2.23. The Morgan fingerprint density at radius 1 is 1.00 bits per heavy atom. The average molecular weight is 311 g/mol. The van der Waals surface area contributed by atoms with Crippen LogP contribution in [0.1, 0.15) is 0 Å². The molecular formula is C10H30O3Si4. The Balaban J connectivity index is 3.99. The van der Waals surface area contributed by atoms with Crippen molar-refractivity contribution in [2.75, 3.05) is 13.3 Å². The Hall–Kier alpha value is 0.748. The first kappa shape index (κ1) is 17.7. The molecule has 0 spiro atoms. The van der Waals surface area contributed by atoms with Crippen molar-refractivity contribution in [3.05, 3.63) is 0 Å². The van der Waals surface area contributed by atoms with Crippen LogP contribution in [0.25, 0.3) is 0 Å². The standard InChI is InChI=1S/C10H30O3Si4/c1-12-15-7-9-17(4,5)13-16(2,3)8-6-14-10-11/h11H,6-10,14-15H2,1-5H3. The van der Waals surface area contributed by atoms with E-state index in [-0.39, 0.29) is 19.3 Å². The summed E-state index contributed by atoms with van der Waals surface area (Å²) in [6.45, 7) is 9.35. The summed E-state index contributed by atoms with van der Waals surface area (Å²) in [5.41, 5.74) is 0. The van der Waals surface area contributed by atoms with Gasteiger partial charge in [-0.1, -0.05) is 6.04 Å². The van der Waals surface area contributed by atoms with Crippen molar-refractivity contribution in [3.63, 3.8) is 0 Å². The van der Waals surface area contributed by atoms with Gasteiger partial charge in [-0.3, -0.25) is 0 Å². The van der Waals surface area contributed by atoms with Gasteiger partial charge in [-0.2, -0.15) is 0 Å². The maximum absolute atomic E-state index is 8.87. The van der Waals surface area contributed by atoms with Crippen molar-refractivity contribution in [2.45, 2.75) is 50.4 Å². The molecular weight excluding hydrogens is 280 g/mol. The third-order valence-electron chi connectivity index (χ3n) is 2.87.